The normalized spacial score (nSPS) is 23.2. The smallest absolute Gasteiger partial charge is 0.335 e. The summed E-state index contributed by atoms with van der Waals surface area (Å²) in [7, 11) is 0. The first-order valence-corrected chi connectivity index (χ1v) is 6.60. The van der Waals surface area contributed by atoms with E-state index in [0.29, 0.717) is 17.4 Å². The van der Waals surface area contributed by atoms with Crippen LogP contribution in [0.15, 0.2) is 24.3 Å². The van der Waals surface area contributed by atoms with Gasteiger partial charge in [-0.3, -0.25) is 4.79 Å². The molecule has 2 atom stereocenters. The molecule has 1 saturated heterocycles. The zero-order valence-corrected chi connectivity index (χ0v) is 11.3. The van der Waals surface area contributed by atoms with Crippen LogP contribution >= 0.6 is 0 Å². The van der Waals surface area contributed by atoms with Crippen LogP contribution in [-0.2, 0) is 0 Å². The highest BCUT2D eigenvalue weighted by molar-refractivity contribution is 5.96. The SMILES string of the molecule is CC1CC(C)CN(C(=O)c2ccc(C(=O)O)cc2)C1. The molecule has 1 aromatic carbocycles. The van der Waals surface area contributed by atoms with Crippen LogP contribution in [0.1, 0.15) is 41.0 Å². The van der Waals surface area contributed by atoms with Crippen molar-refractivity contribution in [3.8, 4) is 0 Å². The number of nitrogens with zero attached hydrogens (tertiary/aromatic N) is 1. The van der Waals surface area contributed by atoms with Crippen molar-refractivity contribution in [3.63, 3.8) is 0 Å². The molecule has 0 spiro atoms. The second-order valence-electron chi connectivity index (χ2n) is 5.54. The molecule has 19 heavy (non-hydrogen) atoms. The van der Waals surface area contributed by atoms with Gasteiger partial charge in [0.05, 0.1) is 5.56 Å². The number of aromatic carboxylic acids is 1. The fraction of sp³-hybridized carbons (Fsp3) is 0.467. The van der Waals surface area contributed by atoms with E-state index < -0.39 is 5.97 Å². The second-order valence-corrected chi connectivity index (χ2v) is 5.54. The first-order chi connectivity index (χ1) is 8.97. The molecule has 1 amide bonds. The number of piperidine rings is 1. The fourth-order valence-corrected chi connectivity index (χ4v) is 2.77. The van der Waals surface area contributed by atoms with Crippen molar-refractivity contribution < 1.29 is 14.7 Å². The lowest BCUT2D eigenvalue weighted by Gasteiger charge is -2.35. The molecule has 1 aromatic rings. The highest BCUT2D eigenvalue weighted by atomic mass is 16.4. The van der Waals surface area contributed by atoms with Gasteiger partial charge in [0.1, 0.15) is 0 Å². The van der Waals surface area contributed by atoms with Gasteiger partial charge < -0.3 is 10.0 Å². The van der Waals surface area contributed by atoms with Crippen LogP contribution in [0.4, 0.5) is 0 Å². The third kappa shape index (κ3) is 3.13. The molecule has 1 N–H and O–H groups in total. The molecule has 102 valence electrons. The third-order valence-electron chi connectivity index (χ3n) is 3.53. The Balaban J connectivity index is 2.12. The summed E-state index contributed by atoms with van der Waals surface area (Å²) in [5, 5.41) is 8.84. The number of benzene rings is 1. The molecule has 1 fully saturated rings. The van der Waals surface area contributed by atoms with Gasteiger partial charge in [-0.15, -0.1) is 0 Å². The summed E-state index contributed by atoms with van der Waals surface area (Å²) in [5.41, 5.74) is 0.767. The molecule has 4 heteroatoms. The predicted octanol–water partition coefficient (Wildman–Crippen LogP) is 2.50. The maximum atomic E-state index is 12.4. The standard InChI is InChI=1S/C15H19NO3/c1-10-7-11(2)9-16(8-10)14(17)12-3-5-13(6-4-12)15(18)19/h3-6,10-11H,7-9H2,1-2H3,(H,18,19). The van der Waals surface area contributed by atoms with Gasteiger partial charge in [0.15, 0.2) is 0 Å². The Kier molecular flexibility index (Phi) is 3.88. The van der Waals surface area contributed by atoms with E-state index in [-0.39, 0.29) is 11.5 Å². The average Bonchev–Trinajstić information content (AvgIpc) is 2.37. The molecule has 1 aliphatic rings. The molecule has 4 nitrogen and oxygen atoms in total. The minimum atomic E-state index is -0.973. The lowest BCUT2D eigenvalue weighted by Crippen LogP contribution is -2.42. The zero-order chi connectivity index (χ0) is 14.0. The van der Waals surface area contributed by atoms with E-state index in [1.165, 1.54) is 12.1 Å². The number of hydrogen-bond acceptors (Lipinski definition) is 2. The first kappa shape index (κ1) is 13.6. The topological polar surface area (TPSA) is 57.6 Å². The molecule has 0 aliphatic carbocycles. The second kappa shape index (κ2) is 5.43. The molecule has 0 bridgehead atoms. The minimum absolute atomic E-state index is 0.00432. The third-order valence-corrected chi connectivity index (χ3v) is 3.53. The van der Waals surface area contributed by atoms with E-state index in [1.54, 1.807) is 12.1 Å². The number of hydrogen-bond donors (Lipinski definition) is 1. The molecule has 1 aliphatic heterocycles. The zero-order valence-electron chi connectivity index (χ0n) is 11.3. The van der Waals surface area contributed by atoms with Gasteiger partial charge in [-0.1, -0.05) is 13.8 Å². The summed E-state index contributed by atoms with van der Waals surface area (Å²) >= 11 is 0. The molecule has 2 unspecified atom stereocenters. The number of carbonyl (C=O) groups is 2. The average molecular weight is 261 g/mol. The van der Waals surface area contributed by atoms with Crippen LogP contribution in [0, 0.1) is 11.8 Å². The van der Waals surface area contributed by atoms with E-state index >= 15 is 0 Å². The Morgan fingerprint density at radius 1 is 1.05 bits per heavy atom. The molecule has 0 saturated carbocycles. The number of amides is 1. The van der Waals surface area contributed by atoms with Crippen LogP contribution in [0.5, 0.6) is 0 Å². The largest absolute Gasteiger partial charge is 0.478 e. The van der Waals surface area contributed by atoms with Crippen molar-refractivity contribution in [2.75, 3.05) is 13.1 Å². The molecule has 0 aromatic heterocycles. The molecular weight excluding hydrogens is 242 g/mol. The Bertz CT molecular complexity index is 471. The summed E-state index contributed by atoms with van der Waals surface area (Å²) in [5.74, 6) is 0.0616. The summed E-state index contributed by atoms with van der Waals surface area (Å²) in [6.45, 7) is 5.88. The highest BCUT2D eigenvalue weighted by Gasteiger charge is 2.26. The number of rotatable bonds is 2. The minimum Gasteiger partial charge on any atom is -0.478 e. The van der Waals surface area contributed by atoms with Crippen LogP contribution in [0.3, 0.4) is 0 Å². The van der Waals surface area contributed by atoms with Crippen molar-refractivity contribution in [3.05, 3.63) is 35.4 Å². The summed E-state index contributed by atoms with van der Waals surface area (Å²) in [6, 6.07) is 6.14. The van der Waals surface area contributed by atoms with E-state index in [2.05, 4.69) is 13.8 Å². The molecule has 1 heterocycles. The van der Waals surface area contributed by atoms with Crippen molar-refractivity contribution in [1.29, 1.82) is 0 Å². The van der Waals surface area contributed by atoms with Crippen molar-refractivity contribution >= 4 is 11.9 Å². The summed E-state index contributed by atoms with van der Waals surface area (Å²) in [4.78, 5) is 25.0. The van der Waals surface area contributed by atoms with Crippen LogP contribution in [0.25, 0.3) is 0 Å². The van der Waals surface area contributed by atoms with Gasteiger partial charge in [0.2, 0.25) is 0 Å². The quantitative estimate of drug-likeness (QED) is 0.889. The van der Waals surface area contributed by atoms with Gasteiger partial charge in [-0.25, -0.2) is 4.79 Å². The van der Waals surface area contributed by atoms with Crippen LogP contribution < -0.4 is 0 Å². The fourth-order valence-electron chi connectivity index (χ4n) is 2.77. The Morgan fingerprint density at radius 3 is 2.00 bits per heavy atom. The highest BCUT2D eigenvalue weighted by Crippen LogP contribution is 2.22. The Labute approximate surface area is 113 Å². The number of carboxylic acid groups (broad SMARTS) is 1. The van der Waals surface area contributed by atoms with Crippen molar-refractivity contribution in [2.24, 2.45) is 11.8 Å². The van der Waals surface area contributed by atoms with Crippen molar-refractivity contribution in [1.82, 2.24) is 4.90 Å². The van der Waals surface area contributed by atoms with Crippen LogP contribution in [-0.4, -0.2) is 35.0 Å². The maximum Gasteiger partial charge on any atom is 0.335 e. The van der Waals surface area contributed by atoms with Gasteiger partial charge in [-0.05, 0) is 42.5 Å². The number of carboxylic acids is 1. The maximum absolute atomic E-state index is 12.4. The van der Waals surface area contributed by atoms with Gasteiger partial charge in [-0.2, -0.15) is 0 Å². The van der Waals surface area contributed by atoms with E-state index in [4.69, 9.17) is 5.11 Å². The monoisotopic (exact) mass is 261 g/mol. The predicted molar refractivity (Wildman–Crippen MR) is 72.2 cm³/mol. The van der Waals surface area contributed by atoms with Crippen molar-refractivity contribution in [2.45, 2.75) is 20.3 Å². The summed E-state index contributed by atoms with van der Waals surface area (Å²) in [6.07, 6.45) is 1.15. The Morgan fingerprint density at radius 2 is 1.53 bits per heavy atom. The van der Waals surface area contributed by atoms with Gasteiger partial charge in [0, 0.05) is 18.7 Å². The van der Waals surface area contributed by atoms with Gasteiger partial charge in [0.25, 0.3) is 5.91 Å². The molecular formula is C15H19NO3. The van der Waals surface area contributed by atoms with E-state index in [1.807, 2.05) is 4.90 Å². The van der Waals surface area contributed by atoms with Gasteiger partial charge >= 0.3 is 5.97 Å². The first-order valence-electron chi connectivity index (χ1n) is 6.60. The number of likely N-dealkylation sites (tertiary alicyclic amines) is 1. The van der Waals surface area contributed by atoms with E-state index in [0.717, 1.165) is 19.5 Å². The molecule has 0 radical (unpaired) electrons. The van der Waals surface area contributed by atoms with Crippen LogP contribution in [0.2, 0.25) is 0 Å². The lowest BCUT2D eigenvalue weighted by molar-refractivity contribution is 0.0621. The summed E-state index contributed by atoms with van der Waals surface area (Å²) < 4.78 is 0. The Hall–Kier alpha value is -1.84. The van der Waals surface area contributed by atoms with E-state index in [9.17, 15) is 9.59 Å². The number of carbonyl (C=O) groups excluding carboxylic acids is 1. The molecule has 2 rings (SSSR count). The lowest BCUT2D eigenvalue weighted by atomic mass is 9.91.